The fraction of sp³-hybridized carbons (Fsp3) is 0.182. The van der Waals surface area contributed by atoms with Crippen LogP contribution in [-0.4, -0.2) is 32.2 Å². The van der Waals surface area contributed by atoms with Gasteiger partial charge < -0.3 is 9.47 Å². The van der Waals surface area contributed by atoms with Gasteiger partial charge in [-0.15, -0.1) is 11.3 Å². The molecule has 1 aromatic carbocycles. The summed E-state index contributed by atoms with van der Waals surface area (Å²) < 4.78 is 3.85. The molecule has 0 N–H and O–H groups in total. The van der Waals surface area contributed by atoms with E-state index in [-0.39, 0.29) is 5.91 Å². The maximum absolute atomic E-state index is 13.3. The van der Waals surface area contributed by atoms with Crippen molar-refractivity contribution in [3.63, 3.8) is 0 Å². The van der Waals surface area contributed by atoms with Crippen molar-refractivity contribution >= 4 is 17.2 Å². The van der Waals surface area contributed by atoms with E-state index >= 15 is 0 Å². The smallest absolute Gasteiger partial charge is 0.257 e. The summed E-state index contributed by atoms with van der Waals surface area (Å²) in [6.45, 7) is 4.59. The molecule has 0 bridgehead atoms. The summed E-state index contributed by atoms with van der Waals surface area (Å²) in [5.74, 6) is 0.0259. The SMILES string of the molecule is Cc1sc(-n2cccc2)c(C(=O)N(C)Cc2cnn(-c3ccccc3)c2)c1C. The van der Waals surface area contributed by atoms with Crippen molar-refractivity contribution in [2.75, 3.05) is 7.05 Å². The van der Waals surface area contributed by atoms with E-state index in [0.717, 1.165) is 32.3 Å². The number of nitrogens with zero attached hydrogens (tertiary/aromatic N) is 4. The molecule has 3 aromatic heterocycles. The van der Waals surface area contributed by atoms with Gasteiger partial charge >= 0.3 is 0 Å². The highest BCUT2D eigenvalue weighted by Crippen LogP contribution is 2.32. The number of carbonyl (C=O) groups is 1. The Morgan fingerprint density at radius 1 is 1.11 bits per heavy atom. The number of carbonyl (C=O) groups excluding carboxylic acids is 1. The summed E-state index contributed by atoms with van der Waals surface area (Å²) in [6.07, 6.45) is 7.74. The van der Waals surface area contributed by atoms with Gasteiger partial charge in [-0.25, -0.2) is 4.68 Å². The zero-order valence-corrected chi connectivity index (χ0v) is 17.0. The van der Waals surface area contributed by atoms with Crippen LogP contribution in [0.15, 0.2) is 67.3 Å². The van der Waals surface area contributed by atoms with Gasteiger partial charge in [0.05, 0.1) is 17.4 Å². The van der Waals surface area contributed by atoms with E-state index in [0.29, 0.717) is 6.54 Å². The number of rotatable bonds is 5. The number of aromatic nitrogens is 3. The molecule has 0 aliphatic heterocycles. The predicted molar refractivity (Wildman–Crippen MR) is 112 cm³/mol. The van der Waals surface area contributed by atoms with Gasteiger partial charge in [0.2, 0.25) is 0 Å². The van der Waals surface area contributed by atoms with Crippen molar-refractivity contribution in [1.29, 1.82) is 0 Å². The van der Waals surface area contributed by atoms with Gasteiger partial charge in [-0.3, -0.25) is 4.79 Å². The Bertz CT molecular complexity index is 1090. The Labute approximate surface area is 168 Å². The van der Waals surface area contributed by atoms with Crippen molar-refractivity contribution < 1.29 is 4.79 Å². The van der Waals surface area contributed by atoms with Crippen molar-refractivity contribution in [3.8, 4) is 10.7 Å². The standard InChI is InChI=1S/C22H22N4OS/c1-16-17(2)28-22(25-11-7-8-12-25)20(16)21(27)24(3)14-18-13-23-26(15-18)19-9-5-4-6-10-19/h4-13,15H,14H2,1-3H3. The van der Waals surface area contributed by atoms with Gasteiger partial charge in [-0.1, -0.05) is 18.2 Å². The highest BCUT2D eigenvalue weighted by Gasteiger charge is 2.23. The van der Waals surface area contributed by atoms with Crippen LogP contribution >= 0.6 is 11.3 Å². The molecule has 3 heterocycles. The second-order valence-electron chi connectivity index (χ2n) is 6.84. The van der Waals surface area contributed by atoms with Gasteiger partial charge in [0.15, 0.2) is 0 Å². The minimum atomic E-state index is 0.0259. The van der Waals surface area contributed by atoms with Crippen LogP contribution < -0.4 is 0 Å². The van der Waals surface area contributed by atoms with Crippen molar-refractivity contribution in [2.45, 2.75) is 20.4 Å². The lowest BCUT2D eigenvalue weighted by atomic mass is 10.1. The third kappa shape index (κ3) is 3.39. The monoisotopic (exact) mass is 390 g/mol. The van der Waals surface area contributed by atoms with E-state index in [1.54, 1.807) is 16.2 Å². The second-order valence-corrected chi connectivity index (χ2v) is 8.05. The summed E-state index contributed by atoms with van der Waals surface area (Å²) in [7, 11) is 1.84. The summed E-state index contributed by atoms with van der Waals surface area (Å²) >= 11 is 1.65. The minimum Gasteiger partial charge on any atom is -0.337 e. The molecule has 6 heteroatoms. The van der Waals surface area contributed by atoms with Crippen molar-refractivity contribution in [3.05, 3.63) is 88.8 Å². The third-order valence-electron chi connectivity index (χ3n) is 4.84. The van der Waals surface area contributed by atoms with Crippen LogP contribution in [0.25, 0.3) is 10.7 Å². The Hall–Kier alpha value is -3.12. The predicted octanol–water partition coefficient (Wildman–Crippen LogP) is 4.61. The highest BCUT2D eigenvalue weighted by molar-refractivity contribution is 7.15. The van der Waals surface area contributed by atoms with Crippen molar-refractivity contribution in [1.82, 2.24) is 19.2 Å². The lowest BCUT2D eigenvalue weighted by Crippen LogP contribution is -2.27. The Morgan fingerprint density at radius 3 is 2.54 bits per heavy atom. The van der Waals surface area contributed by atoms with E-state index in [2.05, 4.69) is 12.0 Å². The zero-order chi connectivity index (χ0) is 19.7. The average Bonchev–Trinajstić information content (AvgIpc) is 3.44. The van der Waals surface area contributed by atoms with E-state index in [4.69, 9.17) is 0 Å². The average molecular weight is 391 g/mol. The van der Waals surface area contributed by atoms with Gasteiger partial charge in [0, 0.05) is 42.6 Å². The Morgan fingerprint density at radius 2 is 1.82 bits per heavy atom. The highest BCUT2D eigenvalue weighted by atomic mass is 32.1. The number of benzene rings is 1. The molecular formula is C22H22N4OS. The molecule has 1 amide bonds. The second kappa shape index (κ2) is 7.48. The molecule has 0 atom stereocenters. The van der Waals surface area contributed by atoms with E-state index in [9.17, 15) is 4.79 Å². The molecule has 28 heavy (non-hydrogen) atoms. The summed E-state index contributed by atoms with van der Waals surface area (Å²) in [6, 6.07) is 13.9. The largest absolute Gasteiger partial charge is 0.337 e. The van der Waals surface area contributed by atoms with Crippen LogP contribution in [0.3, 0.4) is 0 Å². The van der Waals surface area contributed by atoms with E-state index in [1.807, 2.05) is 90.5 Å². The lowest BCUT2D eigenvalue weighted by molar-refractivity contribution is 0.0785. The number of hydrogen-bond donors (Lipinski definition) is 0. The third-order valence-corrected chi connectivity index (χ3v) is 6.06. The normalized spacial score (nSPS) is 11.0. The quantitative estimate of drug-likeness (QED) is 0.499. The zero-order valence-electron chi connectivity index (χ0n) is 16.2. The molecule has 5 nitrogen and oxygen atoms in total. The van der Waals surface area contributed by atoms with Crippen LogP contribution in [0.5, 0.6) is 0 Å². The molecule has 0 unspecified atom stereocenters. The summed E-state index contributed by atoms with van der Waals surface area (Å²) in [5, 5.41) is 5.40. The Kier molecular flexibility index (Phi) is 4.88. The van der Waals surface area contributed by atoms with E-state index < -0.39 is 0 Å². The molecule has 0 spiro atoms. The van der Waals surface area contributed by atoms with Crippen molar-refractivity contribution in [2.24, 2.45) is 0 Å². The fourth-order valence-electron chi connectivity index (χ4n) is 3.21. The molecule has 4 rings (SSSR count). The van der Waals surface area contributed by atoms with Crippen LogP contribution in [-0.2, 0) is 6.54 Å². The maximum Gasteiger partial charge on any atom is 0.257 e. The topological polar surface area (TPSA) is 43.1 Å². The first-order valence-electron chi connectivity index (χ1n) is 9.12. The molecular weight excluding hydrogens is 368 g/mol. The number of aryl methyl sites for hydroxylation is 1. The molecule has 0 saturated heterocycles. The van der Waals surface area contributed by atoms with Gasteiger partial charge in [0.25, 0.3) is 5.91 Å². The van der Waals surface area contributed by atoms with Crippen LogP contribution in [0.2, 0.25) is 0 Å². The minimum absolute atomic E-state index is 0.0259. The van der Waals surface area contributed by atoms with Crippen LogP contribution in [0.1, 0.15) is 26.4 Å². The van der Waals surface area contributed by atoms with Gasteiger partial charge in [-0.05, 0) is 43.7 Å². The first-order valence-corrected chi connectivity index (χ1v) is 9.94. The molecule has 0 saturated carbocycles. The number of para-hydroxylation sites is 1. The summed E-state index contributed by atoms with van der Waals surface area (Å²) in [5.41, 5.74) is 3.82. The lowest BCUT2D eigenvalue weighted by Gasteiger charge is -2.17. The number of amides is 1. The molecule has 0 aliphatic carbocycles. The van der Waals surface area contributed by atoms with Crippen LogP contribution in [0.4, 0.5) is 0 Å². The number of hydrogen-bond acceptors (Lipinski definition) is 3. The molecule has 0 radical (unpaired) electrons. The molecule has 4 aromatic rings. The molecule has 0 aliphatic rings. The van der Waals surface area contributed by atoms with Gasteiger partial charge in [-0.2, -0.15) is 5.10 Å². The molecule has 142 valence electrons. The first-order chi connectivity index (χ1) is 13.5. The Balaban J connectivity index is 1.58. The molecule has 0 fully saturated rings. The maximum atomic E-state index is 13.3. The van der Waals surface area contributed by atoms with Crippen LogP contribution in [0, 0.1) is 13.8 Å². The number of thiophene rings is 1. The summed E-state index contributed by atoms with van der Waals surface area (Å²) in [4.78, 5) is 16.2. The fourth-order valence-corrected chi connectivity index (χ4v) is 4.33. The van der Waals surface area contributed by atoms with Gasteiger partial charge in [0.1, 0.15) is 5.00 Å². The van der Waals surface area contributed by atoms with E-state index in [1.165, 1.54) is 0 Å². The first kappa shape index (κ1) is 18.3.